The largest absolute Gasteiger partial charge is 0.487 e. The van der Waals surface area contributed by atoms with Gasteiger partial charge in [0.2, 0.25) is 0 Å². The third-order valence-electron chi connectivity index (χ3n) is 3.49. The highest BCUT2D eigenvalue weighted by atomic mass is 127. The first-order valence-corrected chi connectivity index (χ1v) is 10.3. The summed E-state index contributed by atoms with van der Waals surface area (Å²) in [6.07, 6.45) is -5.77. The molecule has 0 bridgehead atoms. The van der Waals surface area contributed by atoms with Gasteiger partial charge in [0.1, 0.15) is 12.4 Å². The first-order valence-electron chi connectivity index (χ1n) is 7.73. The predicted octanol–water partition coefficient (Wildman–Crippen LogP) is 6.84. The highest BCUT2D eigenvalue weighted by Gasteiger charge is 2.73. The number of ether oxygens (including phenoxy) is 1. The number of alkyl halides is 7. The fourth-order valence-electron chi connectivity index (χ4n) is 2.00. The lowest BCUT2D eigenvalue weighted by atomic mass is 10.2. The van der Waals surface area contributed by atoms with Gasteiger partial charge in [0, 0.05) is 14.2 Å². The third-order valence-corrected chi connectivity index (χ3v) is 5.17. The van der Waals surface area contributed by atoms with Crippen molar-refractivity contribution in [2.75, 3.05) is 0 Å². The zero-order chi connectivity index (χ0) is 22.7. The lowest BCUT2D eigenvalue weighted by Gasteiger charge is -2.27. The summed E-state index contributed by atoms with van der Waals surface area (Å²) >= 11 is 9.61. The zero-order valence-electron chi connectivity index (χ0n) is 14.4. The Morgan fingerprint density at radius 2 is 1.60 bits per heavy atom. The summed E-state index contributed by atoms with van der Waals surface area (Å²) in [5.74, 6) is -6.13. The van der Waals surface area contributed by atoms with E-state index in [1.165, 1.54) is 6.07 Å². The number of benzene rings is 2. The molecule has 0 saturated carbocycles. The molecule has 2 aromatic rings. The van der Waals surface area contributed by atoms with Crippen LogP contribution >= 0.6 is 56.8 Å². The lowest BCUT2D eigenvalue weighted by Crippen LogP contribution is -2.58. The molecule has 0 aliphatic carbocycles. The van der Waals surface area contributed by atoms with Crippen LogP contribution in [0.5, 0.6) is 5.75 Å². The Labute approximate surface area is 198 Å². The summed E-state index contributed by atoms with van der Waals surface area (Å²) in [6.45, 7) is 0.0599. The second-order valence-corrected chi connectivity index (χ2v) is 8.58. The van der Waals surface area contributed by atoms with Crippen molar-refractivity contribution in [3.63, 3.8) is 0 Å². The minimum atomic E-state index is -6.45. The average Bonchev–Trinajstić information content (AvgIpc) is 2.61. The molecule has 0 aliphatic rings. The molecule has 0 heterocycles. The number of nitrogens with zero attached hydrogens (tertiary/aromatic N) is 1. The Morgan fingerprint density at radius 1 is 1.00 bits per heavy atom. The second-order valence-electron chi connectivity index (χ2n) is 5.74. The van der Waals surface area contributed by atoms with Crippen LogP contribution < -0.4 is 10.2 Å². The van der Waals surface area contributed by atoms with Gasteiger partial charge in [-0.3, -0.25) is 0 Å². The highest BCUT2D eigenvalue weighted by Crippen LogP contribution is 2.45. The first kappa shape index (κ1) is 25.2. The normalized spacial score (nSPS) is 13.0. The smallest absolute Gasteiger partial charge is 0.462 e. The molecular formula is C17H10ClF7I2N2O. The molecule has 0 amide bonds. The van der Waals surface area contributed by atoms with Crippen LogP contribution in [0.4, 0.5) is 30.7 Å². The van der Waals surface area contributed by atoms with E-state index in [1.807, 2.05) is 45.2 Å². The molecule has 0 fully saturated rings. The standard InChI is InChI=1S/C17H10ClF7I2N2O/c18-11-3-1-9(2-4-11)8-30-14-10(5-12(26)6-13(14)27)7-28-29-17(24,25)15(19,20)16(21,22)23/h1-7,29H,8H2/b28-7-. The van der Waals surface area contributed by atoms with E-state index in [0.29, 0.717) is 23.8 Å². The van der Waals surface area contributed by atoms with Crippen LogP contribution in [0.15, 0.2) is 41.5 Å². The molecule has 3 nitrogen and oxygen atoms in total. The summed E-state index contributed by atoms with van der Waals surface area (Å²) in [4.78, 5) is 0. The van der Waals surface area contributed by atoms with E-state index in [4.69, 9.17) is 16.3 Å². The molecule has 164 valence electrons. The monoisotopic (exact) mass is 680 g/mol. The minimum Gasteiger partial charge on any atom is -0.487 e. The van der Waals surface area contributed by atoms with Crippen LogP contribution in [-0.2, 0) is 6.61 Å². The molecule has 0 unspecified atom stereocenters. The molecule has 1 N–H and O–H groups in total. The SMILES string of the molecule is FC(F)(F)C(F)(F)C(F)(F)N/N=C\c1cc(I)cc(I)c1OCc1ccc(Cl)cc1. The zero-order valence-corrected chi connectivity index (χ0v) is 19.5. The molecule has 2 aromatic carbocycles. The van der Waals surface area contributed by atoms with Crippen LogP contribution in [0, 0.1) is 7.14 Å². The van der Waals surface area contributed by atoms with E-state index in [1.54, 1.807) is 30.3 Å². The molecule has 0 spiro atoms. The number of nitrogens with one attached hydrogen (secondary N) is 1. The fourth-order valence-corrected chi connectivity index (χ4v) is 4.17. The van der Waals surface area contributed by atoms with Gasteiger partial charge < -0.3 is 4.74 Å². The maximum atomic E-state index is 13.3. The van der Waals surface area contributed by atoms with E-state index in [0.717, 1.165) is 5.56 Å². The van der Waals surface area contributed by atoms with Crippen molar-refractivity contribution in [2.45, 2.75) is 24.8 Å². The Morgan fingerprint density at radius 3 is 2.17 bits per heavy atom. The molecule has 0 aliphatic heterocycles. The van der Waals surface area contributed by atoms with Gasteiger partial charge in [0.15, 0.2) is 0 Å². The number of hydrogen-bond acceptors (Lipinski definition) is 3. The second kappa shape index (κ2) is 9.63. The molecule has 0 saturated heterocycles. The topological polar surface area (TPSA) is 33.6 Å². The van der Waals surface area contributed by atoms with Crippen molar-refractivity contribution < 1.29 is 35.5 Å². The molecule has 2 rings (SSSR count). The van der Waals surface area contributed by atoms with Crippen LogP contribution in [0.1, 0.15) is 11.1 Å². The van der Waals surface area contributed by atoms with Gasteiger partial charge >= 0.3 is 18.1 Å². The molecule has 0 radical (unpaired) electrons. The van der Waals surface area contributed by atoms with Crippen molar-refractivity contribution in [3.8, 4) is 5.75 Å². The number of rotatable bonds is 7. The number of hydrogen-bond donors (Lipinski definition) is 1. The molecule has 0 aromatic heterocycles. The molecule has 0 atom stereocenters. The van der Waals surface area contributed by atoms with Crippen LogP contribution in [0.3, 0.4) is 0 Å². The average molecular weight is 681 g/mol. The van der Waals surface area contributed by atoms with Gasteiger partial charge in [-0.1, -0.05) is 23.7 Å². The molecule has 30 heavy (non-hydrogen) atoms. The first-order chi connectivity index (χ1) is 13.7. The van der Waals surface area contributed by atoms with E-state index in [-0.39, 0.29) is 17.9 Å². The minimum absolute atomic E-state index is 0.0599. The quantitative estimate of drug-likeness (QED) is 0.114. The van der Waals surface area contributed by atoms with Crippen LogP contribution in [0.25, 0.3) is 0 Å². The van der Waals surface area contributed by atoms with Crippen molar-refractivity contribution >= 4 is 63.0 Å². The summed E-state index contributed by atoms with van der Waals surface area (Å²) in [6, 6.07) is 4.12. The van der Waals surface area contributed by atoms with Gasteiger partial charge in [0.25, 0.3) is 0 Å². The number of hydrazone groups is 1. The van der Waals surface area contributed by atoms with Crippen molar-refractivity contribution in [2.24, 2.45) is 5.10 Å². The highest BCUT2D eigenvalue weighted by molar-refractivity contribution is 14.1. The van der Waals surface area contributed by atoms with E-state index < -0.39 is 18.1 Å². The van der Waals surface area contributed by atoms with Crippen molar-refractivity contribution in [1.29, 1.82) is 0 Å². The maximum Gasteiger partial charge on any atom is 0.462 e. The van der Waals surface area contributed by atoms with Crippen LogP contribution in [0.2, 0.25) is 5.02 Å². The molecule has 13 heteroatoms. The van der Waals surface area contributed by atoms with E-state index >= 15 is 0 Å². The van der Waals surface area contributed by atoms with Gasteiger partial charge in [-0.05, 0) is 75.0 Å². The lowest BCUT2D eigenvalue weighted by molar-refractivity contribution is -0.361. The van der Waals surface area contributed by atoms with Crippen LogP contribution in [-0.4, -0.2) is 24.4 Å². The molecular weight excluding hydrogens is 670 g/mol. The fraction of sp³-hybridized carbons (Fsp3) is 0.235. The maximum absolute atomic E-state index is 13.3. The number of halogens is 10. The Balaban J connectivity index is 2.23. The third kappa shape index (κ3) is 6.02. The van der Waals surface area contributed by atoms with E-state index in [9.17, 15) is 30.7 Å². The van der Waals surface area contributed by atoms with Crippen molar-refractivity contribution in [3.05, 3.63) is 59.7 Å². The Hall–Kier alpha value is -1.03. The van der Waals surface area contributed by atoms with Gasteiger partial charge in [-0.2, -0.15) is 35.8 Å². The summed E-state index contributed by atoms with van der Waals surface area (Å²) in [5, 5.41) is 3.41. The summed E-state index contributed by atoms with van der Waals surface area (Å²) < 4.78 is 95.9. The van der Waals surface area contributed by atoms with Crippen molar-refractivity contribution in [1.82, 2.24) is 5.43 Å². The predicted molar refractivity (Wildman–Crippen MR) is 114 cm³/mol. The van der Waals surface area contributed by atoms with Gasteiger partial charge in [-0.15, -0.1) is 0 Å². The van der Waals surface area contributed by atoms with Gasteiger partial charge in [-0.25, -0.2) is 5.43 Å². The Kier molecular flexibility index (Phi) is 8.10. The van der Waals surface area contributed by atoms with E-state index in [2.05, 4.69) is 5.10 Å². The Bertz CT molecular complexity index is 922. The summed E-state index contributed by atoms with van der Waals surface area (Å²) in [5.41, 5.74) is 1.42. The summed E-state index contributed by atoms with van der Waals surface area (Å²) in [7, 11) is 0. The van der Waals surface area contributed by atoms with Gasteiger partial charge in [0.05, 0.1) is 9.78 Å².